The highest BCUT2D eigenvalue weighted by Crippen LogP contribution is 2.54. The van der Waals surface area contributed by atoms with Gasteiger partial charge in [0.2, 0.25) is 5.75 Å². The minimum absolute atomic E-state index is 0.00504. The van der Waals surface area contributed by atoms with Crippen LogP contribution >= 0.6 is 0 Å². The van der Waals surface area contributed by atoms with Gasteiger partial charge in [-0.3, -0.25) is 9.59 Å². The first-order valence-electron chi connectivity index (χ1n) is 29.9. The van der Waals surface area contributed by atoms with Crippen LogP contribution in [0.1, 0.15) is 98.6 Å². The number of rotatable bonds is 35. The van der Waals surface area contributed by atoms with Crippen molar-refractivity contribution < 1.29 is 123 Å². The fourth-order valence-electron chi connectivity index (χ4n) is 11.0. The molecule has 0 radical (unpaired) electrons. The first-order valence-corrected chi connectivity index (χ1v) is 29.9. The number of ketones is 1. The maximum absolute atomic E-state index is 12.9. The van der Waals surface area contributed by atoms with Crippen LogP contribution in [-0.4, -0.2) is 176 Å². The number of aliphatic hydroxyl groups excluding tert-OH is 9. The highest BCUT2D eigenvalue weighted by molar-refractivity contribution is 5.99. The van der Waals surface area contributed by atoms with Crippen LogP contribution in [0.4, 0.5) is 0 Å². The second-order valence-electron chi connectivity index (χ2n) is 21.7. The van der Waals surface area contributed by atoms with E-state index >= 15 is 0 Å². The highest BCUT2D eigenvalue weighted by atomic mass is 16.6. The third-order valence-electron chi connectivity index (χ3n) is 16.0. The SMILES string of the molecule is COc1cc(C=CC=O)ccc1OC(CO)C(O)c1ccc(OC(CO)C(Oc2c(OC)cc(C(O)CCO)cc2OC)c2cc(OC)c3c(c2)C(CO)C(c2ccc(OC(CO)C(O)c4cc(OC)c(O)c(-c5cc(C(=O)CCO)cc(OC)c5O)c4)c(OC)c2)O3)cc1. The number of hydrogen-bond donors (Lipinski definition) is 11. The zero-order valence-electron chi connectivity index (χ0n) is 53.1. The molecule has 8 rings (SSSR count). The van der Waals surface area contributed by atoms with Gasteiger partial charge in [0.1, 0.15) is 30.3 Å². The lowest BCUT2D eigenvalue weighted by Gasteiger charge is -2.30. The number of benzene rings is 7. The number of carbonyl (C=O) groups excluding carboxylic acids is 2. The molecule has 0 aromatic heterocycles. The lowest BCUT2D eigenvalue weighted by atomic mass is 9.89. The average Bonchev–Trinajstić information content (AvgIpc) is 1.67. The molecule has 25 nitrogen and oxygen atoms in total. The summed E-state index contributed by atoms with van der Waals surface area (Å²) < 4.78 is 72.0. The molecule has 508 valence electrons. The molecule has 7 aromatic rings. The molecule has 0 saturated heterocycles. The molecule has 0 bridgehead atoms. The van der Waals surface area contributed by atoms with Gasteiger partial charge < -0.3 is 113 Å². The number of allylic oxidation sites excluding steroid dienone is 1. The Kier molecular flexibility index (Phi) is 24.8. The molecule has 1 aliphatic rings. The number of aliphatic hydroxyl groups is 9. The Morgan fingerprint density at radius 1 is 0.516 bits per heavy atom. The number of aromatic hydroxyl groups is 2. The van der Waals surface area contributed by atoms with E-state index < -0.39 is 105 Å². The summed E-state index contributed by atoms with van der Waals surface area (Å²) in [4.78, 5) is 23.8. The highest BCUT2D eigenvalue weighted by Gasteiger charge is 2.41. The standard InChI is InChI=1S/C70H78O25/c1-84-53-23-37(9-8-20-71)10-16-51(53)92-60(34-75)63(80)38-11-14-44(15-12-38)91-62(36-77)68(95-70-58(89-6)29-41(30-59(70)90-7)50(79)19-22-73)43-26-47-48(33-74)67(94-69(47)57(32-43)88-5)39-13-17-52(54(27-39)85-2)93-61(35-76)64(81)42-25-46(66(83)56(31-42)87-4)45-24-40(49(78)18-21-72)28-55(86-3)65(45)82/h8-17,20,23-32,48,50,60-64,67-68,72-77,79-83H,18-19,21-22,33-36H2,1-7H3. The Bertz CT molecular complexity index is 3750. The summed E-state index contributed by atoms with van der Waals surface area (Å²) in [5, 5.41) is 120. The summed E-state index contributed by atoms with van der Waals surface area (Å²) >= 11 is 0. The van der Waals surface area contributed by atoms with E-state index in [4.69, 9.17) is 56.8 Å². The summed E-state index contributed by atoms with van der Waals surface area (Å²) in [6.07, 6.45) is -7.03. The van der Waals surface area contributed by atoms with E-state index in [1.165, 1.54) is 110 Å². The second kappa shape index (κ2) is 33.0. The molecule has 25 heteroatoms. The Morgan fingerprint density at radius 3 is 1.62 bits per heavy atom. The van der Waals surface area contributed by atoms with Crippen LogP contribution in [0.5, 0.6) is 80.5 Å². The van der Waals surface area contributed by atoms with Crippen molar-refractivity contribution in [3.05, 3.63) is 160 Å². The molecule has 0 fully saturated rings. The maximum atomic E-state index is 12.9. The smallest absolute Gasteiger partial charge is 0.204 e. The second-order valence-corrected chi connectivity index (χ2v) is 21.7. The molecule has 9 atom stereocenters. The van der Waals surface area contributed by atoms with E-state index in [1.54, 1.807) is 60.7 Å². The van der Waals surface area contributed by atoms with E-state index in [0.29, 0.717) is 39.7 Å². The van der Waals surface area contributed by atoms with Gasteiger partial charge in [-0.1, -0.05) is 30.3 Å². The molecule has 0 spiro atoms. The average molecular weight is 1320 g/mol. The molecule has 1 aliphatic heterocycles. The van der Waals surface area contributed by atoms with Gasteiger partial charge in [-0.15, -0.1) is 0 Å². The predicted molar refractivity (Wildman–Crippen MR) is 342 cm³/mol. The minimum atomic E-state index is -1.66. The first-order chi connectivity index (χ1) is 45.9. The molecular formula is C70H78O25. The summed E-state index contributed by atoms with van der Waals surface area (Å²) in [5.74, 6) is -1.06. The largest absolute Gasteiger partial charge is 0.504 e. The van der Waals surface area contributed by atoms with Crippen molar-refractivity contribution in [1.29, 1.82) is 0 Å². The molecule has 0 saturated carbocycles. The third-order valence-corrected chi connectivity index (χ3v) is 16.0. The first kappa shape index (κ1) is 71.3. The van der Waals surface area contributed by atoms with Gasteiger partial charge in [0, 0.05) is 47.3 Å². The molecule has 11 N–H and O–H groups in total. The topological polar surface area (TPSA) is 367 Å². The van der Waals surface area contributed by atoms with E-state index in [9.17, 15) is 65.8 Å². The molecule has 0 aliphatic carbocycles. The number of methoxy groups -OCH3 is 7. The van der Waals surface area contributed by atoms with Crippen LogP contribution in [0.2, 0.25) is 0 Å². The summed E-state index contributed by atoms with van der Waals surface area (Å²) in [5.41, 5.74) is 2.43. The van der Waals surface area contributed by atoms with Crippen molar-refractivity contribution in [2.24, 2.45) is 0 Å². The van der Waals surface area contributed by atoms with Crippen LogP contribution in [0.15, 0.2) is 115 Å². The van der Waals surface area contributed by atoms with Crippen LogP contribution in [-0.2, 0) is 4.79 Å². The normalized spacial score (nSPS) is 15.6. The molecule has 1 heterocycles. The van der Waals surface area contributed by atoms with Crippen molar-refractivity contribution in [2.45, 2.75) is 67.6 Å². The fraction of sp³-hybridized carbons (Fsp3) is 0.343. The van der Waals surface area contributed by atoms with Crippen molar-refractivity contribution in [3.63, 3.8) is 0 Å². The number of Topliss-reactive ketones (excluding diaryl/α,β-unsaturated/α-hetero) is 1. The van der Waals surface area contributed by atoms with Crippen molar-refractivity contribution >= 4 is 18.1 Å². The number of phenolic OH excluding ortho intramolecular Hbond substituents is 2. The molecular weight excluding hydrogens is 1240 g/mol. The number of phenols is 2. The monoisotopic (exact) mass is 1320 g/mol. The van der Waals surface area contributed by atoms with Crippen molar-refractivity contribution in [1.82, 2.24) is 0 Å². The zero-order chi connectivity index (χ0) is 68.6. The third kappa shape index (κ3) is 15.8. The molecule has 7 aromatic carbocycles. The summed E-state index contributed by atoms with van der Waals surface area (Å²) in [6.45, 7) is -3.35. The number of ether oxygens (including phenoxy) is 12. The number of hydrogen-bond acceptors (Lipinski definition) is 25. The van der Waals surface area contributed by atoms with Crippen LogP contribution in [0, 0.1) is 0 Å². The minimum Gasteiger partial charge on any atom is -0.504 e. The summed E-state index contributed by atoms with van der Waals surface area (Å²) in [7, 11) is 9.47. The zero-order valence-corrected chi connectivity index (χ0v) is 53.1. The van der Waals surface area contributed by atoms with E-state index in [2.05, 4.69) is 0 Å². The Labute approximate surface area is 547 Å². The molecule has 9 unspecified atom stereocenters. The lowest BCUT2D eigenvalue weighted by Crippen LogP contribution is -2.33. The van der Waals surface area contributed by atoms with E-state index in [-0.39, 0.29) is 111 Å². The Balaban J connectivity index is 1.11. The van der Waals surface area contributed by atoms with Crippen molar-refractivity contribution in [2.75, 3.05) is 89.4 Å². The quantitative estimate of drug-likeness (QED) is 0.0111. The van der Waals surface area contributed by atoms with Crippen LogP contribution in [0.25, 0.3) is 17.2 Å². The fourth-order valence-corrected chi connectivity index (χ4v) is 11.0. The predicted octanol–water partition coefficient (Wildman–Crippen LogP) is 6.73. The lowest BCUT2D eigenvalue weighted by molar-refractivity contribution is -0.104. The van der Waals surface area contributed by atoms with Gasteiger partial charge in [-0.2, -0.15) is 0 Å². The van der Waals surface area contributed by atoms with E-state index in [1.807, 2.05) is 0 Å². The molecule has 0 amide bonds. The van der Waals surface area contributed by atoms with Gasteiger partial charge in [0.05, 0.1) is 94.8 Å². The molecule has 95 heavy (non-hydrogen) atoms. The van der Waals surface area contributed by atoms with Gasteiger partial charge >= 0.3 is 0 Å². The Morgan fingerprint density at radius 2 is 1.06 bits per heavy atom. The Hall–Kier alpha value is -9.54. The van der Waals surface area contributed by atoms with E-state index in [0.717, 1.165) is 0 Å². The van der Waals surface area contributed by atoms with Crippen LogP contribution in [0.3, 0.4) is 0 Å². The maximum Gasteiger partial charge on any atom is 0.204 e. The number of carbonyl (C=O) groups is 2. The number of aldehydes is 1. The van der Waals surface area contributed by atoms with Gasteiger partial charge in [-0.05, 0) is 119 Å². The summed E-state index contributed by atoms with van der Waals surface area (Å²) in [6, 6.07) is 27.3. The van der Waals surface area contributed by atoms with Gasteiger partial charge in [0.25, 0.3) is 0 Å². The van der Waals surface area contributed by atoms with Crippen LogP contribution < -0.4 is 56.8 Å². The van der Waals surface area contributed by atoms with Crippen molar-refractivity contribution in [3.8, 4) is 91.6 Å². The van der Waals surface area contributed by atoms with Gasteiger partial charge in [0.15, 0.2) is 99.2 Å². The number of fused-ring (bicyclic) bond motifs is 1. The van der Waals surface area contributed by atoms with Gasteiger partial charge in [-0.25, -0.2) is 0 Å².